The molecule has 0 saturated heterocycles. The summed E-state index contributed by atoms with van der Waals surface area (Å²) in [5, 5.41) is 9.93. The van der Waals surface area contributed by atoms with Gasteiger partial charge in [0.05, 0.1) is 11.8 Å². The van der Waals surface area contributed by atoms with E-state index in [1.54, 1.807) is 18.3 Å². The summed E-state index contributed by atoms with van der Waals surface area (Å²) in [6.07, 6.45) is -0.926. The molecular formula is C15H11F3N6O. The fourth-order valence-electron chi connectivity index (χ4n) is 1.89. The first-order valence-corrected chi connectivity index (χ1v) is 7.03. The number of halogens is 3. The van der Waals surface area contributed by atoms with Gasteiger partial charge in [0.2, 0.25) is 0 Å². The van der Waals surface area contributed by atoms with Gasteiger partial charge in [-0.05, 0) is 30.7 Å². The number of carbonyl (C=O) groups is 1. The first-order valence-electron chi connectivity index (χ1n) is 7.03. The Balaban J connectivity index is 1.75. The second-order valence-corrected chi connectivity index (χ2v) is 5.13. The van der Waals surface area contributed by atoms with Crippen LogP contribution in [0, 0.1) is 6.92 Å². The average Bonchev–Trinajstić information content (AvgIpc) is 3.06. The Morgan fingerprint density at radius 3 is 2.52 bits per heavy atom. The van der Waals surface area contributed by atoms with Crippen molar-refractivity contribution in [2.75, 3.05) is 5.32 Å². The van der Waals surface area contributed by atoms with Crippen molar-refractivity contribution in [3.05, 3.63) is 59.7 Å². The maximum atomic E-state index is 12.5. The molecule has 1 amide bonds. The lowest BCUT2D eigenvalue weighted by atomic mass is 10.3. The van der Waals surface area contributed by atoms with Gasteiger partial charge < -0.3 is 5.32 Å². The predicted octanol–water partition coefficient (Wildman–Crippen LogP) is 2.64. The number of rotatable bonds is 3. The molecule has 0 aliphatic carbocycles. The van der Waals surface area contributed by atoms with Crippen molar-refractivity contribution in [3.8, 4) is 5.82 Å². The van der Waals surface area contributed by atoms with Gasteiger partial charge in [-0.15, -0.1) is 5.10 Å². The number of nitrogens with one attached hydrogen (secondary N) is 1. The topological polar surface area (TPSA) is 85.6 Å². The summed E-state index contributed by atoms with van der Waals surface area (Å²) in [7, 11) is 0. The smallest absolute Gasteiger partial charge is 0.305 e. The van der Waals surface area contributed by atoms with E-state index < -0.39 is 17.6 Å². The van der Waals surface area contributed by atoms with Crippen LogP contribution in [0.15, 0.2) is 42.9 Å². The van der Waals surface area contributed by atoms with E-state index in [1.165, 1.54) is 6.20 Å². The van der Waals surface area contributed by atoms with Gasteiger partial charge in [0, 0.05) is 12.4 Å². The van der Waals surface area contributed by atoms with Crippen LogP contribution in [0.4, 0.5) is 19.0 Å². The minimum atomic E-state index is -4.47. The van der Waals surface area contributed by atoms with Crippen LogP contribution in [-0.4, -0.2) is 30.9 Å². The lowest BCUT2D eigenvalue weighted by Crippen LogP contribution is -2.13. The molecule has 0 aromatic carbocycles. The highest BCUT2D eigenvalue weighted by Crippen LogP contribution is 2.28. The Kier molecular flexibility index (Phi) is 4.17. The van der Waals surface area contributed by atoms with E-state index >= 15 is 0 Å². The third-order valence-electron chi connectivity index (χ3n) is 3.19. The summed E-state index contributed by atoms with van der Waals surface area (Å²) in [4.78, 5) is 19.8. The molecule has 3 aromatic heterocycles. The zero-order chi connectivity index (χ0) is 18.0. The van der Waals surface area contributed by atoms with Crippen molar-refractivity contribution >= 4 is 11.7 Å². The van der Waals surface area contributed by atoms with Crippen molar-refractivity contribution in [1.29, 1.82) is 0 Å². The molecule has 3 rings (SSSR count). The number of pyridine rings is 2. The lowest BCUT2D eigenvalue weighted by molar-refractivity contribution is -0.137. The lowest BCUT2D eigenvalue weighted by Gasteiger charge is -2.06. The van der Waals surface area contributed by atoms with Gasteiger partial charge in [0.15, 0.2) is 11.5 Å². The number of amides is 1. The fourth-order valence-corrected chi connectivity index (χ4v) is 1.89. The zero-order valence-electron chi connectivity index (χ0n) is 12.8. The van der Waals surface area contributed by atoms with Gasteiger partial charge in [-0.2, -0.15) is 13.2 Å². The van der Waals surface area contributed by atoms with E-state index in [4.69, 9.17) is 0 Å². The quantitative estimate of drug-likeness (QED) is 0.786. The van der Waals surface area contributed by atoms with E-state index in [1.807, 2.05) is 6.92 Å². The van der Waals surface area contributed by atoms with Crippen molar-refractivity contribution in [3.63, 3.8) is 0 Å². The molecule has 128 valence electrons. The zero-order valence-corrected chi connectivity index (χ0v) is 12.8. The second-order valence-electron chi connectivity index (χ2n) is 5.13. The number of nitrogens with zero attached hydrogens (tertiary/aromatic N) is 5. The molecule has 3 aromatic rings. The average molecular weight is 348 g/mol. The van der Waals surface area contributed by atoms with Crippen molar-refractivity contribution in [1.82, 2.24) is 25.0 Å². The van der Waals surface area contributed by atoms with E-state index in [0.717, 1.165) is 22.4 Å². The molecule has 0 bridgehead atoms. The number of aryl methyl sites for hydroxylation is 1. The van der Waals surface area contributed by atoms with Gasteiger partial charge in [-0.25, -0.2) is 14.6 Å². The first kappa shape index (κ1) is 16.6. The predicted molar refractivity (Wildman–Crippen MR) is 81.1 cm³/mol. The molecule has 0 aliphatic rings. The molecule has 0 spiro atoms. The SMILES string of the molecule is Cc1ccc(NC(=O)c2cn(-c3ccc(C(F)(F)F)cn3)nn2)nc1. The Morgan fingerprint density at radius 2 is 1.92 bits per heavy atom. The van der Waals surface area contributed by atoms with Crippen LogP contribution >= 0.6 is 0 Å². The van der Waals surface area contributed by atoms with E-state index in [0.29, 0.717) is 12.0 Å². The summed E-state index contributed by atoms with van der Waals surface area (Å²) in [6, 6.07) is 5.43. The van der Waals surface area contributed by atoms with Gasteiger partial charge in [-0.3, -0.25) is 4.79 Å². The number of hydrogen-bond donors (Lipinski definition) is 1. The van der Waals surface area contributed by atoms with Crippen LogP contribution in [0.25, 0.3) is 5.82 Å². The molecule has 0 fully saturated rings. The van der Waals surface area contributed by atoms with E-state index in [9.17, 15) is 18.0 Å². The third kappa shape index (κ3) is 3.79. The number of hydrogen-bond acceptors (Lipinski definition) is 5. The normalized spacial score (nSPS) is 11.4. The molecule has 25 heavy (non-hydrogen) atoms. The van der Waals surface area contributed by atoms with Crippen molar-refractivity contribution < 1.29 is 18.0 Å². The summed E-state index contributed by atoms with van der Waals surface area (Å²) in [5.41, 5.74) is 0.0428. The number of anilines is 1. The van der Waals surface area contributed by atoms with Crippen molar-refractivity contribution in [2.45, 2.75) is 13.1 Å². The van der Waals surface area contributed by atoms with Crippen LogP contribution in [0.5, 0.6) is 0 Å². The number of aromatic nitrogens is 5. The van der Waals surface area contributed by atoms with Gasteiger partial charge in [0.1, 0.15) is 5.82 Å². The van der Waals surface area contributed by atoms with Crippen LogP contribution in [0.1, 0.15) is 21.6 Å². The standard InChI is InChI=1S/C15H11F3N6O/c1-9-2-4-12(19-6-9)21-14(25)11-8-24(23-22-11)13-5-3-10(7-20-13)15(16,17)18/h2-8H,1H3,(H,19,21,25). The minimum absolute atomic E-state index is 0.0240. The summed E-state index contributed by atoms with van der Waals surface area (Å²) < 4.78 is 38.7. The van der Waals surface area contributed by atoms with Gasteiger partial charge in [-0.1, -0.05) is 11.3 Å². The molecular weight excluding hydrogens is 337 g/mol. The molecule has 10 heteroatoms. The van der Waals surface area contributed by atoms with Crippen LogP contribution in [-0.2, 0) is 6.18 Å². The Morgan fingerprint density at radius 1 is 1.12 bits per heavy atom. The number of carbonyl (C=O) groups excluding carboxylic acids is 1. The van der Waals surface area contributed by atoms with Crippen LogP contribution < -0.4 is 5.32 Å². The monoisotopic (exact) mass is 348 g/mol. The highest BCUT2D eigenvalue weighted by atomic mass is 19.4. The van der Waals surface area contributed by atoms with Crippen molar-refractivity contribution in [2.24, 2.45) is 0 Å². The molecule has 7 nitrogen and oxygen atoms in total. The fraction of sp³-hybridized carbons (Fsp3) is 0.133. The first-order chi connectivity index (χ1) is 11.8. The number of alkyl halides is 3. The maximum absolute atomic E-state index is 12.5. The highest BCUT2D eigenvalue weighted by molar-refractivity contribution is 6.02. The summed E-state index contributed by atoms with van der Waals surface area (Å²) in [6.45, 7) is 1.86. The Labute approximate surface area is 139 Å². The second kappa shape index (κ2) is 6.30. The molecule has 0 unspecified atom stereocenters. The molecule has 0 saturated carbocycles. The van der Waals surface area contributed by atoms with Crippen LogP contribution in [0.3, 0.4) is 0 Å². The molecule has 3 heterocycles. The molecule has 1 N–H and O–H groups in total. The van der Waals surface area contributed by atoms with Gasteiger partial charge >= 0.3 is 6.18 Å². The molecule has 0 atom stereocenters. The third-order valence-corrected chi connectivity index (χ3v) is 3.19. The Hall–Kier alpha value is -3.30. The largest absolute Gasteiger partial charge is 0.417 e. The van der Waals surface area contributed by atoms with E-state index in [2.05, 4.69) is 25.6 Å². The minimum Gasteiger partial charge on any atom is -0.305 e. The Bertz CT molecular complexity index is 887. The van der Waals surface area contributed by atoms with Gasteiger partial charge in [0.25, 0.3) is 5.91 Å². The molecule has 0 radical (unpaired) electrons. The summed E-state index contributed by atoms with van der Waals surface area (Å²) in [5.74, 6) is -0.0969. The highest BCUT2D eigenvalue weighted by Gasteiger charge is 2.30. The molecule has 0 aliphatic heterocycles. The maximum Gasteiger partial charge on any atom is 0.417 e. The van der Waals surface area contributed by atoms with Crippen LogP contribution in [0.2, 0.25) is 0 Å². The summed E-state index contributed by atoms with van der Waals surface area (Å²) >= 11 is 0. The van der Waals surface area contributed by atoms with E-state index in [-0.39, 0.29) is 11.5 Å².